The summed E-state index contributed by atoms with van der Waals surface area (Å²) in [6.07, 6.45) is 2.76. The average Bonchev–Trinajstić information content (AvgIpc) is 3.05. The van der Waals surface area contributed by atoms with Crippen LogP contribution >= 0.6 is 0 Å². The topological polar surface area (TPSA) is 32.3 Å². The number of hydrogen-bond acceptors (Lipinski definition) is 2. The molecule has 16 heavy (non-hydrogen) atoms. The van der Waals surface area contributed by atoms with Gasteiger partial charge in [0.1, 0.15) is 5.82 Å². The quantitative estimate of drug-likeness (QED) is 0.786. The summed E-state index contributed by atoms with van der Waals surface area (Å²) >= 11 is 0. The molecule has 1 saturated carbocycles. The van der Waals surface area contributed by atoms with Crippen molar-refractivity contribution in [3.8, 4) is 0 Å². The summed E-state index contributed by atoms with van der Waals surface area (Å²) in [7, 11) is 0. The normalized spacial score (nSPS) is 20.1. The number of rotatable bonds is 1. The second kappa shape index (κ2) is 3.47. The molecule has 1 amide bonds. The van der Waals surface area contributed by atoms with Crippen LogP contribution < -0.4 is 10.2 Å². The Hall–Kier alpha value is -1.58. The van der Waals surface area contributed by atoms with Crippen LogP contribution in [-0.4, -0.2) is 18.5 Å². The molecule has 1 N–H and O–H groups in total. The first-order valence-corrected chi connectivity index (χ1v) is 5.60. The maximum Gasteiger partial charge on any atom is 0.226 e. The molecule has 1 fully saturated rings. The van der Waals surface area contributed by atoms with Crippen molar-refractivity contribution in [2.45, 2.75) is 25.3 Å². The molecule has 3 nitrogen and oxygen atoms in total. The number of fused-ring (bicyclic) bond motifs is 1. The number of carbonyl (C=O) groups is 1. The summed E-state index contributed by atoms with van der Waals surface area (Å²) in [5.74, 6) is -0.239. The van der Waals surface area contributed by atoms with Gasteiger partial charge in [0.25, 0.3) is 0 Å². The van der Waals surface area contributed by atoms with E-state index in [2.05, 4.69) is 10.2 Å². The SMILES string of the molecule is O=C1CCN(C2CC2)c2cc(F)ccc2N1. The van der Waals surface area contributed by atoms with Crippen molar-refractivity contribution in [1.29, 1.82) is 0 Å². The first-order chi connectivity index (χ1) is 7.74. The fraction of sp³-hybridized carbons (Fsp3) is 0.417. The second-order valence-corrected chi connectivity index (χ2v) is 4.38. The summed E-state index contributed by atoms with van der Waals surface area (Å²) in [6.45, 7) is 0.687. The molecule has 84 valence electrons. The van der Waals surface area contributed by atoms with Crippen LogP contribution in [0.25, 0.3) is 0 Å². The Morgan fingerprint density at radius 1 is 1.38 bits per heavy atom. The van der Waals surface area contributed by atoms with Gasteiger partial charge in [-0.05, 0) is 31.0 Å². The van der Waals surface area contributed by atoms with Gasteiger partial charge in [0.05, 0.1) is 11.4 Å². The highest BCUT2D eigenvalue weighted by Crippen LogP contribution is 2.37. The van der Waals surface area contributed by atoms with E-state index in [0.29, 0.717) is 19.0 Å². The maximum absolute atomic E-state index is 13.2. The molecule has 0 spiro atoms. The Labute approximate surface area is 93.2 Å². The number of nitrogens with zero attached hydrogens (tertiary/aromatic N) is 1. The average molecular weight is 220 g/mol. The maximum atomic E-state index is 13.2. The predicted octanol–water partition coefficient (Wildman–Crippen LogP) is 2.14. The molecule has 1 aliphatic heterocycles. The van der Waals surface area contributed by atoms with E-state index in [1.165, 1.54) is 12.1 Å². The molecule has 1 aliphatic carbocycles. The van der Waals surface area contributed by atoms with Gasteiger partial charge in [-0.1, -0.05) is 0 Å². The number of carbonyl (C=O) groups excluding carboxylic acids is 1. The molecule has 1 heterocycles. The minimum absolute atomic E-state index is 0.0102. The molecule has 2 aliphatic rings. The van der Waals surface area contributed by atoms with Crippen LogP contribution in [0.5, 0.6) is 0 Å². The van der Waals surface area contributed by atoms with E-state index in [-0.39, 0.29) is 11.7 Å². The van der Waals surface area contributed by atoms with Crippen LogP contribution in [0.1, 0.15) is 19.3 Å². The van der Waals surface area contributed by atoms with Gasteiger partial charge in [0.15, 0.2) is 0 Å². The highest BCUT2D eigenvalue weighted by Gasteiger charge is 2.32. The third-order valence-corrected chi connectivity index (χ3v) is 3.11. The Morgan fingerprint density at radius 3 is 2.94 bits per heavy atom. The zero-order valence-electron chi connectivity index (χ0n) is 8.87. The molecular weight excluding hydrogens is 207 g/mol. The van der Waals surface area contributed by atoms with Crippen molar-refractivity contribution >= 4 is 17.3 Å². The number of nitrogens with one attached hydrogen (secondary N) is 1. The van der Waals surface area contributed by atoms with Gasteiger partial charge in [-0.2, -0.15) is 0 Å². The van der Waals surface area contributed by atoms with E-state index >= 15 is 0 Å². The minimum atomic E-state index is -0.249. The lowest BCUT2D eigenvalue weighted by Crippen LogP contribution is -2.26. The molecule has 1 aromatic rings. The Kier molecular flexibility index (Phi) is 2.09. The zero-order chi connectivity index (χ0) is 11.1. The van der Waals surface area contributed by atoms with E-state index < -0.39 is 0 Å². The highest BCUT2D eigenvalue weighted by atomic mass is 19.1. The van der Waals surface area contributed by atoms with Crippen LogP contribution in [0.15, 0.2) is 18.2 Å². The van der Waals surface area contributed by atoms with Gasteiger partial charge < -0.3 is 10.2 Å². The van der Waals surface area contributed by atoms with Gasteiger partial charge in [0.2, 0.25) is 5.91 Å². The van der Waals surface area contributed by atoms with E-state index in [9.17, 15) is 9.18 Å². The van der Waals surface area contributed by atoms with Crippen molar-refractivity contribution < 1.29 is 9.18 Å². The smallest absolute Gasteiger partial charge is 0.226 e. The van der Waals surface area contributed by atoms with Crippen LogP contribution in [0.3, 0.4) is 0 Å². The largest absolute Gasteiger partial charge is 0.366 e. The highest BCUT2D eigenvalue weighted by molar-refractivity contribution is 5.96. The Morgan fingerprint density at radius 2 is 2.19 bits per heavy atom. The van der Waals surface area contributed by atoms with Crippen LogP contribution in [0.4, 0.5) is 15.8 Å². The summed E-state index contributed by atoms with van der Waals surface area (Å²) in [6, 6.07) is 5.03. The van der Waals surface area contributed by atoms with Crippen molar-refractivity contribution in [2.75, 3.05) is 16.8 Å². The van der Waals surface area contributed by atoms with E-state index in [4.69, 9.17) is 0 Å². The lowest BCUT2D eigenvalue weighted by molar-refractivity contribution is -0.115. The molecule has 0 bridgehead atoms. The van der Waals surface area contributed by atoms with Gasteiger partial charge in [-0.25, -0.2) is 4.39 Å². The third-order valence-electron chi connectivity index (χ3n) is 3.11. The number of amides is 1. The van der Waals surface area contributed by atoms with Crippen LogP contribution in [-0.2, 0) is 4.79 Å². The number of halogens is 1. The van der Waals surface area contributed by atoms with Gasteiger partial charge in [0, 0.05) is 19.0 Å². The fourth-order valence-corrected chi connectivity index (χ4v) is 2.17. The fourth-order valence-electron chi connectivity index (χ4n) is 2.17. The molecule has 0 atom stereocenters. The van der Waals surface area contributed by atoms with E-state index in [1.54, 1.807) is 6.07 Å². The van der Waals surface area contributed by atoms with Gasteiger partial charge in [-0.3, -0.25) is 4.79 Å². The minimum Gasteiger partial charge on any atom is -0.366 e. The zero-order valence-corrected chi connectivity index (χ0v) is 8.87. The van der Waals surface area contributed by atoms with Crippen molar-refractivity contribution in [3.63, 3.8) is 0 Å². The lowest BCUT2D eigenvalue weighted by atomic mass is 10.2. The molecule has 0 unspecified atom stereocenters. The van der Waals surface area contributed by atoms with Gasteiger partial charge in [-0.15, -0.1) is 0 Å². The summed E-state index contributed by atoms with van der Waals surface area (Å²) in [5, 5.41) is 2.81. The molecule has 1 aromatic carbocycles. The second-order valence-electron chi connectivity index (χ2n) is 4.38. The van der Waals surface area contributed by atoms with Gasteiger partial charge >= 0.3 is 0 Å². The Balaban J connectivity index is 2.04. The summed E-state index contributed by atoms with van der Waals surface area (Å²) in [4.78, 5) is 13.6. The van der Waals surface area contributed by atoms with Crippen LogP contribution in [0.2, 0.25) is 0 Å². The van der Waals surface area contributed by atoms with Crippen molar-refractivity contribution in [1.82, 2.24) is 0 Å². The monoisotopic (exact) mass is 220 g/mol. The summed E-state index contributed by atoms with van der Waals surface area (Å²) < 4.78 is 13.2. The summed E-state index contributed by atoms with van der Waals surface area (Å²) in [5.41, 5.74) is 1.56. The predicted molar refractivity (Wildman–Crippen MR) is 60.0 cm³/mol. The van der Waals surface area contributed by atoms with Crippen molar-refractivity contribution in [3.05, 3.63) is 24.0 Å². The first kappa shape index (κ1) is 9.63. The molecule has 0 radical (unpaired) electrons. The van der Waals surface area contributed by atoms with Crippen molar-refractivity contribution in [2.24, 2.45) is 0 Å². The molecule has 0 aromatic heterocycles. The standard InChI is InChI=1S/C12H13FN2O/c13-8-1-4-10-11(7-8)15(9-2-3-9)6-5-12(16)14-10/h1,4,7,9H,2-3,5-6H2,(H,14,16). The first-order valence-electron chi connectivity index (χ1n) is 5.60. The molecule has 4 heteroatoms. The number of anilines is 2. The van der Waals surface area contributed by atoms with E-state index in [1.807, 2.05) is 0 Å². The molecule has 3 rings (SSSR count). The number of benzene rings is 1. The Bertz CT molecular complexity index is 443. The molecule has 0 saturated heterocycles. The molecular formula is C12H13FN2O. The lowest BCUT2D eigenvalue weighted by Gasteiger charge is -2.23. The number of hydrogen-bond donors (Lipinski definition) is 1. The van der Waals surface area contributed by atoms with E-state index in [0.717, 1.165) is 24.2 Å². The third kappa shape index (κ3) is 1.64. The van der Waals surface area contributed by atoms with Crippen LogP contribution in [0, 0.1) is 5.82 Å².